The van der Waals surface area contributed by atoms with E-state index in [0.717, 1.165) is 0 Å². The minimum atomic E-state index is -0.545. The maximum Gasteiger partial charge on any atom is 0.341 e. The molecule has 0 unspecified atom stereocenters. The van der Waals surface area contributed by atoms with Crippen molar-refractivity contribution in [2.24, 2.45) is 0 Å². The molecule has 1 aromatic rings. The molecule has 0 amide bonds. The average molecular weight is 220 g/mol. The molecule has 0 heterocycles. The summed E-state index contributed by atoms with van der Waals surface area (Å²) in [4.78, 5) is 22.3. The van der Waals surface area contributed by atoms with E-state index in [-0.39, 0.29) is 5.57 Å². The Bertz CT molecular complexity index is 421. The number of carbonyl (C=O) groups is 2. The van der Waals surface area contributed by atoms with E-state index < -0.39 is 5.97 Å². The van der Waals surface area contributed by atoms with Crippen LogP contribution in [0.15, 0.2) is 30.5 Å². The lowest BCUT2D eigenvalue weighted by atomic mass is 10.0. The zero-order valence-corrected chi connectivity index (χ0v) is 9.10. The predicted molar refractivity (Wildman–Crippen MR) is 58.8 cm³/mol. The van der Waals surface area contributed by atoms with Gasteiger partial charge in [0, 0.05) is 11.1 Å². The molecule has 0 aliphatic carbocycles. The molecule has 4 heteroatoms. The summed E-state index contributed by atoms with van der Waals surface area (Å²) in [6.07, 6.45) is 1.94. The van der Waals surface area contributed by atoms with Gasteiger partial charge in [0.2, 0.25) is 0 Å². The number of rotatable bonds is 4. The summed E-state index contributed by atoms with van der Waals surface area (Å²) in [6.45, 7) is 0. The van der Waals surface area contributed by atoms with E-state index >= 15 is 0 Å². The van der Waals surface area contributed by atoms with E-state index in [1.54, 1.807) is 24.3 Å². The summed E-state index contributed by atoms with van der Waals surface area (Å²) < 4.78 is 9.42. The minimum Gasteiger partial charge on any atom is -0.503 e. The minimum absolute atomic E-state index is 0.215. The first-order valence-corrected chi connectivity index (χ1v) is 4.60. The van der Waals surface area contributed by atoms with E-state index in [1.165, 1.54) is 20.5 Å². The van der Waals surface area contributed by atoms with Crippen molar-refractivity contribution in [1.29, 1.82) is 0 Å². The standard InChI is InChI=1S/C12H12O4/c1-15-8-11(12(14)16-2)10-6-4-3-5-9(10)7-13/h3-8H,1-2H3. The van der Waals surface area contributed by atoms with Gasteiger partial charge in [0.05, 0.1) is 20.5 Å². The maximum atomic E-state index is 11.5. The molecule has 0 aliphatic heterocycles. The molecular formula is C12H12O4. The summed E-state index contributed by atoms with van der Waals surface area (Å²) in [5.74, 6) is -0.545. The monoisotopic (exact) mass is 220 g/mol. The van der Waals surface area contributed by atoms with Gasteiger partial charge in [-0.1, -0.05) is 24.3 Å². The third-order valence-electron chi connectivity index (χ3n) is 2.02. The number of hydrogen-bond acceptors (Lipinski definition) is 4. The number of benzene rings is 1. The van der Waals surface area contributed by atoms with Gasteiger partial charge in [0.1, 0.15) is 5.57 Å². The first-order chi connectivity index (χ1) is 7.74. The lowest BCUT2D eigenvalue weighted by Crippen LogP contribution is -2.06. The topological polar surface area (TPSA) is 52.6 Å². The Balaban J connectivity index is 3.26. The molecule has 0 aliphatic rings. The number of ether oxygens (including phenoxy) is 2. The van der Waals surface area contributed by atoms with Gasteiger partial charge in [0.25, 0.3) is 0 Å². The van der Waals surface area contributed by atoms with Crippen LogP contribution >= 0.6 is 0 Å². The second kappa shape index (κ2) is 5.70. The normalized spacial score (nSPS) is 10.8. The molecule has 0 fully saturated rings. The molecule has 1 rings (SSSR count). The van der Waals surface area contributed by atoms with Gasteiger partial charge >= 0.3 is 5.97 Å². The SMILES string of the molecule is COC=C(C(=O)OC)c1ccccc1C=O. The van der Waals surface area contributed by atoms with Crippen LogP contribution in [-0.4, -0.2) is 26.5 Å². The Morgan fingerprint density at radius 3 is 2.50 bits per heavy atom. The van der Waals surface area contributed by atoms with Crippen LogP contribution in [0.2, 0.25) is 0 Å². The second-order valence-electron chi connectivity index (χ2n) is 2.96. The van der Waals surface area contributed by atoms with Crippen LogP contribution in [0.1, 0.15) is 15.9 Å². The van der Waals surface area contributed by atoms with Crippen LogP contribution < -0.4 is 0 Å². The number of methoxy groups -OCH3 is 2. The summed E-state index contributed by atoms with van der Waals surface area (Å²) >= 11 is 0. The summed E-state index contributed by atoms with van der Waals surface area (Å²) in [5, 5.41) is 0. The van der Waals surface area contributed by atoms with Gasteiger partial charge in [-0.2, -0.15) is 0 Å². The average Bonchev–Trinajstić information content (AvgIpc) is 2.35. The van der Waals surface area contributed by atoms with Gasteiger partial charge < -0.3 is 9.47 Å². The van der Waals surface area contributed by atoms with Gasteiger partial charge in [-0.25, -0.2) is 4.79 Å². The fourth-order valence-corrected chi connectivity index (χ4v) is 1.29. The van der Waals surface area contributed by atoms with Crippen LogP contribution in [0.4, 0.5) is 0 Å². The molecular weight excluding hydrogens is 208 g/mol. The van der Waals surface area contributed by atoms with Crippen molar-refractivity contribution >= 4 is 17.8 Å². The van der Waals surface area contributed by atoms with Crippen LogP contribution in [-0.2, 0) is 14.3 Å². The fraction of sp³-hybridized carbons (Fsp3) is 0.167. The Labute approximate surface area is 93.5 Å². The van der Waals surface area contributed by atoms with Crippen molar-refractivity contribution in [3.63, 3.8) is 0 Å². The van der Waals surface area contributed by atoms with Gasteiger partial charge in [-0.3, -0.25) is 4.79 Å². The highest BCUT2D eigenvalue weighted by Gasteiger charge is 2.15. The zero-order chi connectivity index (χ0) is 12.0. The molecule has 0 saturated carbocycles. The maximum absolute atomic E-state index is 11.5. The number of esters is 1. The molecule has 16 heavy (non-hydrogen) atoms. The molecule has 0 atom stereocenters. The number of carbonyl (C=O) groups excluding carboxylic acids is 2. The molecule has 1 aromatic carbocycles. The van der Waals surface area contributed by atoms with E-state index in [9.17, 15) is 9.59 Å². The summed E-state index contributed by atoms with van der Waals surface area (Å²) in [6, 6.07) is 6.73. The lowest BCUT2D eigenvalue weighted by molar-refractivity contribution is -0.133. The quantitative estimate of drug-likeness (QED) is 0.335. The van der Waals surface area contributed by atoms with Gasteiger partial charge in [0.15, 0.2) is 6.29 Å². The lowest BCUT2D eigenvalue weighted by Gasteiger charge is -2.07. The van der Waals surface area contributed by atoms with E-state index in [1.807, 2.05) is 0 Å². The van der Waals surface area contributed by atoms with Crippen molar-refractivity contribution in [3.05, 3.63) is 41.7 Å². The second-order valence-corrected chi connectivity index (χ2v) is 2.96. The highest BCUT2D eigenvalue weighted by molar-refractivity contribution is 6.17. The first kappa shape index (κ1) is 12.0. The van der Waals surface area contributed by atoms with E-state index in [2.05, 4.69) is 4.74 Å². The Hall–Kier alpha value is -2.10. The molecule has 0 spiro atoms. The van der Waals surface area contributed by atoms with Gasteiger partial charge in [-0.05, 0) is 0 Å². The van der Waals surface area contributed by atoms with Crippen molar-refractivity contribution in [1.82, 2.24) is 0 Å². The zero-order valence-electron chi connectivity index (χ0n) is 9.10. The smallest absolute Gasteiger partial charge is 0.341 e. The third kappa shape index (κ3) is 2.48. The molecule has 0 radical (unpaired) electrons. The van der Waals surface area contributed by atoms with E-state index in [0.29, 0.717) is 17.4 Å². The van der Waals surface area contributed by atoms with Crippen molar-refractivity contribution in [2.45, 2.75) is 0 Å². The highest BCUT2D eigenvalue weighted by atomic mass is 16.5. The Morgan fingerprint density at radius 1 is 1.25 bits per heavy atom. The highest BCUT2D eigenvalue weighted by Crippen LogP contribution is 2.19. The van der Waals surface area contributed by atoms with E-state index in [4.69, 9.17) is 4.74 Å². The molecule has 84 valence electrons. The van der Waals surface area contributed by atoms with Crippen molar-refractivity contribution in [3.8, 4) is 0 Å². The largest absolute Gasteiger partial charge is 0.503 e. The molecule has 0 aromatic heterocycles. The van der Waals surface area contributed by atoms with Crippen molar-refractivity contribution in [2.75, 3.05) is 14.2 Å². The fourth-order valence-electron chi connectivity index (χ4n) is 1.29. The van der Waals surface area contributed by atoms with Gasteiger partial charge in [-0.15, -0.1) is 0 Å². The Kier molecular flexibility index (Phi) is 4.27. The molecule has 0 N–H and O–H groups in total. The predicted octanol–water partition coefficient (Wildman–Crippen LogP) is 1.66. The summed E-state index contributed by atoms with van der Waals surface area (Å²) in [7, 11) is 2.70. The summed E-state index contributed by atoms with van der Waals surface area (Å²) in [5.41, 5.74) is 1.12. The van der Waals surface area contributed by atoms with Crippen LogP contribution in [0, 0.1) is 0 Å². The molecule has 4 nitrogen and oxygen atoms in total. The third-order valence-corrected chi connectivity index (χ3v) is 2.02. The first-order valence-electron chi connectivity index (χ1n) is 4.60. The molecule has 0 bridgehead atoms. The van der Waals surface area contributed by atoms with Crippen LogP contribution in [0.3, 0.4) is 0 Å². The van der Waals surface area contributed by atoms with Crippen LogP contribution in [0.5, 0.6) is 0 Å². The number of hydrogen-bond donors (Lipinski definition) is 0. The van der Waals surface area contributed by atoms with Crippen LogP contribution in [0.25, 0.3) is 5.57 Å². The number of aldehydes is 1. The Morgan fingerprint density at radius 2 is 1.94 bits per heavy atom. The van der Waals surface area contributed by atoms with Crippen molar-refractivity contribution < 1.29 is 19.1 Å². The molecule has 0 saturated heterocycles.